The summed E-state index contributed by atoms with van der Waals surface area (Å²) in [4.78, 5) is 11.7. The summed E-state index contributed by atoms with van der Waals surface area (Å²) >= 11 is 0. The van der Waals surface area contributed by atoms with Crippen molar-refractivity contribution in [1.82, 2.24) is 9.88 Å². The lowest BCUT2D eigenvalue weighted by atomic mass is 10.1. The smallest absolute Gasteiger partial charge is 0.254 e. The van der Waals surface area contributed by atoms with Crippen LogP contribution in [0.15, 0.2) is 30.6 Å². The van der Waals surface area contributed by atoms with E-state index in [9.17, 15) is 18.0 Å². The second kappa shape index (κ2) is 5.81. The molecule has 3 nitrogen and oxygen atoms in total. The quantitative estimate of drug-likeness (QED) is 0.859. The first-order chi connectivity index (χ1) is 9.49. The van der Waals surface area contributed by atoms with Crippen LogP contribution in [0.2, 0.25) is 0 Å². The summed E-state index contributed by atoms with van der Waals surface area (Å²) in [7, 11) is 1.87. The molecule has 1 aromatic carbocycles. The first-order valence-corrected chi connectivity index (χ1v) is 6.01. The van der Waals surface area contributed by atoms with Crippen LogP contribution in [-0.2, 0) is 13.5 Å². The summed E-state index contributed by atoms with van der Waals surface area (Å²) in [6, 6.07) is 3.54. The lowest BCUT2D eigenvalue weighted by molar-refractivity contribution is 0.0949. The molecule has 0 aliphatic heterocycles. The maximum absolute atomic E-state index is 13.4. The van der Waals surface area contributed by atoms with Crippen molar-refractivity contribution in [1.29, 1.82) is 0 Å². The fourth-order valence-corrected chi connectivity index (χ4v) is 1.83. The molecular weight excluding hydrogens is 269 g/mol. The Labute approximate surface area is 114 Å². The van der Waals surface area contributed by atoms with Gasteiger partial charge in [-0.25, -0.2) is 13.2 Å². The number of halogens is 3. The van der Waals surface area contributed by atoms with Crippen LogP contribution in [0.3, 0.4) is 0 Å². The Morgan fingerprint density at radius 3 is 2.60 bits per heavy atom. The minimum atomic E-state index is -1.64. The topological polar surface area (TPSA) is 34.0 Å². The monoisotopic (exact) mass is 282 g/mol. The van der Waals surface area contributed by atoms with E-state index in [1.165, 1.54) is 0 Å². The zero-order valence-electron chi connectivity index (χ0n) is 10.8. The van der Waals surface area contributed by atoms with Crippen LogP contribution in [-0.4, -0.2) is 17.0 Å². The molecule has 1 N–H and O–H groups in total. The average Bonchev–Trinajstić information content (AvgIpc) is 2.82. The molecule has 106 valence electrons. The summed E-state index contributed by atoms with van der Waals surface area (Å²) in [6.07, 6.45) is 4.33. The van der Waals surface area contributed by atoms with E-state index in [4.69, 9.17) is 0 Å². The number of benzene rings is 1. The minimum Gasteiger partial charge on any atom is -0.357 e. The van der Waals surface area contributed by atoms with E-state index in [0.717, 1.165) is 17.7 Å². The van der Waals surface area contributed by atoms with E-state index in [1.807, 2.05) is 30.1 Å². The number of nitrogens with one attached hydrogen (secondary N) is 1. The van der Waals surface area contributed by atoms with Gasteiger partial charge in [-0.2, -0.15) is 0 Å². The predicted octanol–water partition coefficient (Wildman–Crippen LogP) is 2.41. The zero-order valence-corrected chi connectivity index (χ0v) is 10.8. The second-order valence-corrected chi connectivity index (χ2v) is 4.41. The summed E-state index contributed by atoms with van der Waals surface area (Å²) in [5.41, 5.74) is 0.510. The maximum atomic E-state index is 13.4. The Hall–Kier alpha value is -2.24. The van der Waals surface area contributed by atoms with E-state index in [1.54, 1.807) is 0 Å². The van der Waals surface area contributed by atoms with Crippen LogP contribution >= 0.6 is 0 Å². The Kier molecular flexibility index (Phi) is 4.12. The lowest BCUT2D eigenvalue weighted by Gasteiger charge is -2.06. The van der Waals surface area contributed by atoms with Crippen molar-refractivity contribution in [3.8, 4) is 0 Å². The number of amides is 1. The van der Waals surface area contributed by atoms with Gasteiger partial charge >= 0.3 is 0 Å². The van der Waals surface area contributed by atoms with Crippen molar-refractivity contribution in [3.05, 3.63) is 59.2 Å². The van der Waals surface area contributed by atoms with Crippen LogP contribution in [0.4, 0.5) is 13.2 Å². The maximum Gasteiger partial charge on any atom is 0.254 e. The Balaban J connectivity index is 1.97. The molecule has 1 amide bonds. The lowest BCUT2D eigenvalue weighted by Crippen LogP contribution is -2.27. The number of hydrogen-bond donors (Lipinski definition) is 1. The summed E-state index contributed by atoms with van der Waals surface area (Å²) < 4.78 is 41.0. The number of carbonyl (C=O) groups is 1. The number of aryl methyl sites for hydroxylation is 1. The van der Waals surface area contributed by atoms with Crippen molar-refractivity contribution in [2.45, 2.75) is 6.42 Å². The highest BCUT2D eigenvalue weighted by atomic mass is 19.2. The van der Waals surface area contributed by atoms with E-state index in [-0.39, 0.29) is 6.54 Å². The first kappa shape index (κ1) is 14.2. The molecule has 0 radical (unpaired) electrons. The van der Waals surface area contributed by atoms with Crippen LogP contribution in [0.1, 0.15) is 15.9 Å². The predicted molar refractivity (Wildman–Crippen MR) is 67.8 cm³/mol. The molecule has 1 aromatic heterocycles. The van der Waals surface area contributed by atoms with Gasteiger partial charge in [-0.1, -0.05) is 0 Å². The fourth-order valence-electron chi connectivity index (χ4n) is 1.83. The number of hydrogen-bond acceptors (Lipinski definition) is 1. The molecule has 0 unspecified atom stereocenters. The third-order valence-electron chi connectivity index (χ3n) is 2.87. The third-order valence-corrected chi connectivity index (χ3v) is 2.87. The SMILES string of the molecule is Cn1ccc(CCNC(=O)c2ccc(F)c(F)c2F)c1. The molecule has 6 heteroatoms. The van der Waals surface area contributed by atoms with E-state index >= 15 is 0 Å². The van der Waals surface area contributed by atoms with E-state index in [0.29, 0.717) is 6.42 Å². The van der Waals surface area contributed by atoms with Gasteiger partial charge < -0.3 is 9.88 Å². The van der Waals surface area contributed by atoms with Gasteiger partial charge in [-0.3, -0.25) is 4.79 Å². The molecule has 0 aliphatic rings. The number of aromatic nitrogens is 1. The zero-order chi connectivity index (χ0) is 14.7. The number of carbonyl (C=O) groups excluding carboxylic acids is 1. The highest BCUT2D eigenvalue weighted by Gasteiger charge is 2.18. The molecule has 2 aromatic rings. The molecular formula is C14H13F3N2O. The highest BCUT2D eigenvalue weighted by molar-refractivity contribution is 5.94. The minimum absolute atomic E-state index is 0.279. The van der Waals surface area contributed by atoms with Gasteiger partial charge in [-0.05, 0) is 30.2 Å². The molecule has 1 heterocycles. The van der Waals surface area contributed by atoms with Crippen molar-refractivity contribution in [2.24, 2.45) is 7.05 Å². The first-order valence-electron chi connectivity index (χ1n) is 6.01. The Morgan fingerprint density at radius 2 is 1.95 bits per heavy atom. The third kappa shape index (κ3) is 3.01. The molecule has 0 bridgehead atoms. The van der Waals surface area contributed by atoms with Gasteiger partial charge in [0.15, 0.2) is 17.5 Å². The van der Waals surface area contributed by atoms with E-state index in [2.05, 4.69) is 5.32 Å². The van der Waals surface area contributed by atoms with Crippen molar-refractivity contribution < 1.29 is 18.0 Å². The highest BCUT2D eigenvalue weighted by Crippen LogP contribution is 2.15. The van der Waals surface area contributed by atoms with Crippen LogP contribution in [0, 0.1) is 17.5 Å². The normalized spacial score (nSPS) is 10.6. The summed E-state index contributed by atoms with van der Waals surface area (Å²) in [5, 5.41) is 2.47. The average molecular weight is 282 g/mol. The molecule has 2 rings (SSSR count). The van der Waals surface area contributed by atoms with Crippen molar-refractivity contribution in [2.75, 3.05) is 6.54 Å². The molecule has 0 fully saturated rings. The van der Waals surface area contributed by atoms with Gasteiger partial charge in [0.05, 0.1) is 5.56 Å². The second-order valence-electron chi connectivity index (χ2n) is 4.41. The van der Waals surface area contributed by atoms with Crippen LogP contribution in [0.25, 0.3) is 0 Å². The van der Waals surface area contributed by atoms with Crippen LogP contribution < -0.4 is 5.32 Å². The fraction of sp³-hybridized carbons (Fsp3) is 0.214. The van der Waals surface area contributed by atoms with Crippen molar-refractivity contribution in [3.63, 3.8) is 0 Å². The summed E-state index contributed by atoms with van der Waals surface area (Å²) in [5.74, 6) is -5.19. The van der Waals surface area contributed by atoms with E-state index < -0.39 is 28.9 Å². The largest absolute Gasteiger partial charge is 0.357 e. The van der Waals surface area contributed by atoms with Gasteiger partial charge in [0.2, 0.25) is 0 Å². The van der Waals surface area contributed by atoms with Gasteiger partial charge in [0.1, 0.15) is 0 Å². The molecule has 0 aliphatic carbocycles. The van der Waals surface area contributed by atoms with Gasteiger partial charge in [0.25, 0.3) is 5.91 Å². The Morgan fingerprint density at radius 1 is 1.20 bits per heavy atom. The molecule has 0 saturated carbocycles. The van der Waals surface area contributed by atoms with Gasteiger partial charge in [0, 0.05) is 26.0 Å². The molecule has 20 heavy (non-hydrogen) atoms. The van der Waals surface area contributed by atoms with Crippen LogP contribution in [0.5, 0.6) is 0 Å². The van der Waals surface area contributed by atoms with Crippen molar-refractivity contribution >= 4 is 5.91 Å². The number of rotatable bonds is 4. The standard InChI is InChI=1S/C14H13F3N2O/c1-19-7-5-9(8-19)4-6-18-14(20)10-2-3-11(15)13(17)12(10)16/h2-3,5,7-8H,4,6H2,1H3,(H,18,20). The summed E-state index contributed by atoms with van der Waals surface area (Å²) in [6.45, 7) is 0.279. The van der Waals surface area contributed by atoms with Gasteiger partial charge in [-0.15, -0.1) is 0 Å². The molecule has 0 saturated heterocycles. The molecule has 0 spiro atoms. The Bertz CT molecular complexity index is 637. The molecule has 0 atom stereocenters. The number of nitrogens with zero attached hydrogens (tertiary/aromatic N) is 1.